The van der Waals surface area contributed by atoms with Crippen LogP contribution >= 0.6 is 12.4 Å². The van der Waals surface area contributed by atoms with Crippen LogP contribution < -0.4 is 10.1 Å². The second-order valence-corrected chi connectivity index (χ2v) is 6.02. The molecule has 3 rings (SSSR count). The standard InChI is InChI=1S/C18H21FN4O2.ClH/c1-20-11-16(24)23-9-3-4-13(12-23)17-18(22-8-7-21-17)25-15-6-2-5-14(19)10-15;/h2,5-8,10,13,20H,3-4,9,11-12H2,1H3;1H. The lowest BCUT2D eigenvalue weighted by atomic mass is 9.94. The van der Waals surface area contributed by atoms with Gasteiger partial charge in [-0.25, -0.2) is 9.37 Å². The molecule has 0 bridgehead atoms. The summed E-state index contributed by atoms with van der Waals surface area (Å²) < 4.78 is 19.1. The van der Waals surface area contributed by atoms with Gasteiger partial charge in [0, 0.05) is 37.5 Å². The number of hydrogen-bond donors (Lipinski definition) is 1. The van der Waals surface area contributed by atoms with E-state index in [9.17, 15) is 9.18 Å². The van der Waals surface area contributed by atoms with E-state index in [4.69, 9.17) is 4.74 Å². The largest absolute Gasteiger partial charge is 0.437 e. The Bertz CT molecular complexity index is 747. The van der Waals surface area contributed by atoms with E-state index in [1.807, 2.05) is 4.90 Å². The quantitative estimate of drug-likeness (QED) is 0.863. The predicted molar refractivity (Wildman–Crippen MR) is 98.2 cm³/mol. The van der Waals surface area contributed by atoms with Gasteiger partial charge >= 0.3 is 0 Å². The molecule has 2 heterocycles. The Labute approximate surface area is 158 Å². The molecule has 1 aromatic heterocycles. The van der Waals surface area contributed by atoms with Gasteiger partial charge in [-0.15, -0.1) is 12.4 Å². The lowest BCUT2D eigenvalue weighted by molar-refractivity contribution is -0.131. The van der Waals surface area contributed by atoms with Gasteiger partial charge in [0.05, 0.1) is 6.54 Å². The summed E-state index contributed by atoms with van der Waals surface area (Å²) in [4.78, 5) is 22.7. The molecule has 8 heteroatoms. The number of carbonyl (C=O) groups is 1. The first-order valence-electron chi connectivity index (χ1n) is 8.34. The first-order valence-corrected chi connectivity index (χ1v) is 8.34. The molecule has 1 N–H and O–H groups in total. The predicted octanol–water partition coefficient (Wildman–Crippen LogP) is 2.76. The topological polar surface area (TPSA) is 67.4 Å². The Balaban J connectivity index is 0.00000243. The number of nitrogens with one attached hydrogen (secondary N) is 1. The van der Waals surface area contributed by atoms with Crippen molar-refractivity contribution in [3.8, 4) is 11.6 Å². The molecular weight excluding hydrogens is 359 g/mol. The van der Waals surface area contributed by atoms with Crippen molar-refractivity contribution in [3.63, 3.8) is 0 Å². The molecule has 1 aliphatic rings. The van der Waals surface area contributed by atoms with E-state index in [-0.39, 0.29) is 30.0 Å². The van der Waals surface area contributed by atoms with Crippen LogP contribution in [0.2, 0.25) is 0 Å². The molecule has 26 heavy (non-hydrogen) atoms. The summed E-state index contributed by atoms with van der Waals surface area (Å²) in [6.07, 6.45) is 4.96. The average Bonchev–Trinajstić information content (AvgIpc) is 2.62. The normalized spacial score (nSPS) is 16.7. The number of carbonyl (C=O) groups excluding carboxylic acids is 1. The maximum Gasteiger partial charge on any atom is 0.241 e. The molecule has 1 amide bonds. The summed E-state index contributed by atoms with van der Waals surface area (Å²) in [7, 11) is 1.76. The summed E-state index contributed by atoms with van der Waals surface area (Å²) in [5.41, 5.74) is 0.703. The third kappa shape index (κ3) is 4.89. The summed E-state index contributed by atoms with van der Waals surface area (Å²) in [6, 6.07) is 5.92. The lowest BCUT2D eigenvalue weighted by Gasteiger charge is -2.32. The Morgan fingerprint density at radius 2 is 2.19 bits per heavy atom. The number of rotatable bonds is 5. The van der Waals surface area contributed by atoms with Crippen LogP contribution in [-0.4, -0.2) is 47.5 Å². The summed E-state index contributed by atoms with van der Waals surface area (Å²) in [5.74, 6) is 0.488. The first-order chi connectivity index (χ1) is 12.2. The van der Waals surface area contributed by atoms with Crippen LogP contribution in [0.5, 0.6) is 11.6 Å². The maximum atomic E-state index is 13.4. The third-order valence-electron chi connectivity index (χ3n) is 4.19. The highest BCUT2D eigenvalue weighted by Gasteiger charge is 2.28. The van der Waals surface area contributed by atoms with Gasteiger partial charge in [-0.05, 0) is 32.0 Å². The summed E-state index contributed by atoms with van der Waals surface area (Å²) in [5, 5.41) is 2.89. The van der Waals surface area contributed by atoms with Crippen molar-refractivity contribution in [2.45, 2.75) is 18.8 Å². The minimum Gasteiger partial charge on any atom is -0.437 e. The number of ether oxygens (including phenoxy) is 1. The number of piperidine rings is 1. The van der Waals surface area contributed by atoms with Gasteiger partial charge in [-0.3, -0.25) is 9.78 Å². The van der Waals surface area contributed by atoms with E-state index >= 15 is 0 Å². The fraction of sp³-hybridized carbons (Fsp3) is 0.389. The lowest BCUT2D eigenvalue weighted by Crippen LogP contribution is -2.43. The molecular formula is C18H22ClFN4O2. The van der Waals surface area contributed by atoms with Gasteiger partial charge in [-0.2, -0.15) is 0 Å². The molecule has 1 fully saturated rings. The second-order valence-electron chi connectivity index (χ2n) is 6.02. The van der Waals surface area contributed by atoms with Gasteiger partial charge < -0.3 is 15.0 Å². The van der Waals surface area contributed by atoms with Crippen LogP contribution in [0.4, 0.5) is 4.39 Å². The van der Waals surface area contributed by atoms with Gasteiger partial charge in [0.1, 0.15) is 17.3 Å². The highest BCUT2D eigenvalue weighted by atomic mass is 35.5. The zero-order valence-electron chi connectivity index (χ0n) is 14.5. The van der Waals surface area contributed by atoms with Gasteiger partial charge in [0.15, 0.2) is 0 Å². The number of hydrogen-bond acceptors (Lipinski definition) is 5. The van der Waals surface area contributed by atoms with E-state index < -0.39 is 0 Å². The Morgan fingerprint density at radius 3 is 2.96 bits per heavy atom. The van der Waals surface area contributed by atoms with Crippen molar-refractivity contribution < 1.29 is 13.9 Å². The van der Waals surface area contributed by atoms with E-state index in [1.54, 1.807) is 31.6 Å². The summed E-state index contributed by atoms with van der Waals surface area (Å²) >= 11 is 0. The molecule has 140 valence electrons. The average molecular weight is 381 g/mol. The second kappa shape index (κ2) is 9.45. The molecule has 0 aliphatic carbocycles. The Kier molecular flexibility index (Phi) is 7.29. The van der Waals surface area contributed by atoms with Crippen LogP contribution in [0.1, 0.15) is 24.5 Å². The number of likely N-dealkylation sites (N-methyl/N-ethyl adjacent to an activating group) is 1. The zero-order chi connectivity index (χ0) is 17.6. The number of benzene rings is 1. The van der Waals surface area contributed by atoms with Crippen LogP contribution in [0, 0.1) is 5.82 Å². The van der Waals surface area contributed by atoms with E-state index in [1.165, 1.54) is 12.1 Å². The number of nitrogens with zero attached hydrogens (tertiary/aromatic N) is 3. The minimum absolute atomic E-state index is 0. The zero-order valence-corrected chi connectivity index (χ0v) is 15.3. The maximum absolute atomic E-state index is 13.4. The van der Waals surface area contributed by atoms with E-state index in [0.29, 0.717) is 30.4 Å². The number of likely N-dealkylation sites (tertiary alicyclic amines) is 1. The third-order valence-corrected chi connectivity index (χ3v) is 4.19. The molecule has 6 nitrogen and oxygen atoms in total. The molecule has 1 aromatic carbocycles. The fourth-order valence-electron chi connectivity index (χ4n) is 3.03. The fourth-order valence-corrected chi connectivity index (χ4v) is 3.03. The van der Waals surface area contributed by atoms with Gasteiger partial charge in [-0.1, -0.05) is 6.07 Å². The minimum atomic E-state index is -0.371. The van der Waals surface area contributed by atoms with Crippen LogP contribution in [0.3, 0.4) is 0 Å². The van der Waals surface area contributed by atoms with Crippen LogP contribution in [0.15, 0.2) is 36.7 Å². The smallest absolute Gasteiger partial charge is 0.241 e. The van der Waals surface area contributed by atoms with Crippen molar-refractivity contribution in [1.29, 1.82) is 0 Å². The molecule has 0 spiro atoms. The van der Waals surface area contributed by atoms with Crippen molar-refractivity contribution in [2.75, 3.05) is 26.7 Å². The highest BCUT2D eigenvalue weighted by Crippen LogP contribution is 2.32. The van der Waals surface area contributed by atoms with E-state index in [0.717, 1.165) is 19.4 Å². The van der Waals surface area contributed by atoms with Crippen molar-refractivity contribution in [2.24, 2.45) is 0 Å². The van der Waals surface area contributed by atoms with Crippen LogP contribution in [-0.2, 0) is 4.79 Å². The Morgan fingerprint density at radius 1 is 1.38 bits per heavy atom. The highest BCUT2D eigenvalue weighted by molar-refractivity contribution is 5.85. The van der Waals surface area contributed by atoms with Crippen LogP contribution in [0.25, 0.3) is 0 Å². The number of amides is 1. The molecule has 2 aromatic rings. The first kappa shape index (κ1) is 20.1. The van der Waals surface area contributed by atoms with E-state index in [2.05, 4.69) is 15.3 Å². The molecule has 1 unspecified atom stereocenters. The summed E-state index contributed by atoms with van der Waals surface area (Å²) in [6.45, 7) is 1.65. The molecule has 1 aliphatic heterocycles. The molecule has 1 saturated heterocycles. The van der Waals surface area contributed by atoms with Crippen molar-refractivity contribution >= 4 is 18.3 Å². The molecule has 0 saturated carbocycles. The molecule has 1 atom stereocenters. The number of aromatic nitrogens is 2. The van der Waals surface area contributed by atoms with Crippen molar-refractivity contribution in [3.05, 3.63) is 48.2 Å². The molecule has 0 radical (unpaired) electrons. The van der Waals surface area contributed by atoms with Gasteiger partial charge in [0.2, 0.25) is 11.8 Å². The monoisotopic (exact) mass is 380 g/mol. The van der Waals surface area contributed by atoms with Crippen molar-refractivity contribution in [1.82, 2.24) is 20.2 Å². The SMILES string of the molecule is CNCC(=O)N1CCCC(c2nccnc2Oc2cccc(F)c2)C1.Cl. The number of halogens is 2. The van der Waals surface area contributed by atoms with Gasteiger partial charge in [0.25, 0.3) is 0 Å². The Hall–Kier alpha value is -2.25.